The molecule has 0 aliphatic heterocycles. The van der Waals surface area contributed by atoms with Crippen molar-refractivity contribution in [3.05, 3.63) is 78.4 Å². The van der Waals surface area contributed by atoms with E-state index in [1.54, 1.807) is 19.5 Å². The van der Waals surface area contributed by atoms with Gasteiger partial charge in [0.25, 0.3) is 0 Å². The lowest BCUT2D eigenvalue weighted by Gasteiger charge is -2.20. The number of aliphatic hydroxyl groups excluding tert-OH is 1. The SMILES string of the molecule is COc1ccc(CN(C)CCC(O)c2ccccc2)cc1-c1cncnc1. The highest BCUT2D eigenvalue weighted by Gasteiger charge is 2.11. The third-order valence-corrected chi connectivity index (χ3v) is 4.56. The van der Waals surface area contributed by atoms with Crippen LogP contribution >= 0.6 is 0 Å². The molecule has 1 N–H and O–H groups in total. The summed E-state index contributed by atoms with van der Waals surface area (Å²) < 4.78 is 5.49. The minimum Gasteiger partial charge on any atom is -0.496 e. The molecular weight excluding hydrogens is 338 g/mol. The van der Waals surface area contributed by atoms with E-state index in [0.717, 1.165) is 35.5 Å². The van der Waals surface area contributed by atoms with E-state index in [2.05, 4.69) is 34.0 Å². The fraction of sp³-hybridized carbons (Fsp3) is 0.273. The summed E-state index contributed by atoms with van der Waals surface area (Å²) in [6.45, 7) is 1.58. The summed E-state index contributed by atoms with van der Waals surface area (Å²) in [5, 5.41) is 10.3. The molecule has 0 aliphatic carbocycles. The molecule has 3 aromatic rings. The minimum absolute atomic E-state index is 0.443. The first-order valence-electron chi connectivity index (χ1n) is 9.01. The highest BCUT2D eigenvalue weighted by Crippen LogP contribution is 2.30. The molecule has 1 unspecified atom stereocenters. The molecule has 140 valence electrons. The van der Waals surface area contributed by atoms with E-state index in [9.17, 15) is 5.11 Å². The summed E-state index contributed by atoms with van der Waals surface area (Å²) in [6, 6.07) is 15.9. The Bertz CT molecular complexity index is 841. The van der Waals surface area contributed by atoms with Gasteiger partial charge < -0.3 is 14.7 Å². The average molecular weight is 363 g/mol. The summed E-state index contributed by atoms with van der Waals surface area (Å²) in [5.41, 5.74) is 4.04. The van der Waals surface area contributed by atoms with Crippen LogP contribution in [0.1, 0.15) is 23.7 Å². The Morgan fingerprint density at radius 3 is 2.52 bits per heavy atom. The quantitative estimate of drug-likeness (QED) is 0.661. The lowest BCUT2D eigenvalue weighted by molar-refractivity contribution is 0.147. The van der Waals surface area contributed by atoms with Gasteiger partial charge in [-0.25, -0.2) is 9.97 Å². The predicted octanol–water partition coefficient (Wildman–Crippen LogP) is 3.71. The Hall–Kier alpha value is -2.76. The maximum absolute atomic E-state index is 10.3. The smallest absolute Gasteiger partial charge is 0.126 e. The molecule has 5 heteroatoms. The third kappa shape index (κ3) is 5.12. The zero-order chi connectivity index (χ0) is 19.1. The van der Waals surface area contributed by atoms with Crippen molar-refractivity contribution < 1.29 is 9.84 Å². The van der Waals surface area contributed by atoms with E-state index >= 15 is 0 Å². The second-order valence-corrected chi connectivity index (χ2v) is 6.61. The Balaban J connectivity index is 1.65. The zero-order valence-corrected chi connectivity index (χ0v) is 15.7. The molecule has 0 aliphatic rings. The molecule has 2 aromatic carbocycles. The Morgan fingerprint density at radius 2 is 1.81 bits per heavy atom. The Kier molecular flexibility index (Phi) is 6.52. The van der Waals surface area contributed by atoms with E-state index in [1.165, 1.54) is 11.9 Å². The van der Waals surface area contributed by atoms with Crippen LogP contribution in [0.2, 0.25) is 0 Å². The average Bonchev–Trinajstić information content (AvgIpc) is 2.73. The second-order valence-electron chi connectivity index (χ2n) is 6.61. The van der Waals surface area contributed by atoms with Crippen molar-refractivity contribution in [3.63, 3.8) is 0 Å². The lowest BCUT2D eigenvalue weighted by atomic mass is 10.0. The molecular formula is C22H25N3O2. The molecule has 0 saturated carbocycles. The van der Waals surface area contributed by atoms with Crippen LogP contribution in [0.3, 0.4) is 0 Å². The predicted molar refractivity (Wildman–Crippen MR) is 106 cm³/mol. The van der Waals surface area contributed by atoms with E-state index in [1.807, 2.05) is 36.4 Å². The molecule has 0 saturated heterocycles. The van der Waals surface area contributed by atoms with Crippen LogP contribution in [-0.2, 0) is 6.54 Å². The standard InChI is InChI=1S/C22H25N3O2/c1-25(11-10-21(26)18-6-4-3-5-7-18)15-17-8-9-22(27-2)20(12-17)19-13-23-16-24-14-19/h3-9,12-14,16,21,26H,10-11,15H2,1-2H3. The summed E-state index contributed by atoms with van der Waals surface area (Å²) in [7, 11) is 3.73. The highest BCUT2D eigenvalue weighted by atomic mass is 16.5. The van der Waals surface area contributed by atoms with Crippen molar-refractivity contribution >= 4 is 0 Å². The number of rotatable bonds is 8. The van der Waals surface area contributed by atoms with E-state index in [4.69, 9.17) is 4.74 Å². The maximum atomic E-state index is 10.3. The summed E-state index contributed by atoms with van der Waals surface area (Å²) >= 11 is 0. The molecule has 0 radical (unpaired) electrons. The number of hydrogen-bond acceptors (Lipinski definition) is 5. The summed E-state index contributed by atoms with van der Waals surface area (Å²) in [6.07, 6.45) is 5.34. The van der Waals surface area contributed by atoms with Crippen molar-refractivity contribution in [3.8, 4) is 16.9 Å². The summed E-state index contributed by atoms with van der Waals surface area (Å²) in [5.74, 6) is 0.802. The van der Waals surface area contributed by atoms with Gasteiger partial charge in [-0.2, -0.15) is 0 Å². The normalized spacial score (nSPS) is 12.1. The number of benzene rings is 2. The second kappa shape index (κ2) is 9.26. The maximum Gasteiger partial charge on any atom is 0.126 e. The van der Waals surface area contributed by atoms with Gasteiger partial charge in [-0.3, -0.25) is 0 Å². The number of hydrogen-bond donors (Lipinski definition) is 1. The van der Waals surface area contributed by atoms with Crippen LogP contribution in [0.25, 0.3) is 11.1 Å². The lowest BCUT2D eigenvalue weighted by Crippen LogP contribution is -2.21. The van der Waals surface area contributed by atoms with E-state index in [0.29, 0.717) is 6.42 Å². The number of aromatic nitrogens is 2. The molecule has 1 atom stereocenters. The third-order valence-electron chi connectivity index (χ3n) is 4.56. The first kappa shape index (κ1) is 19.0. The largest absolute Gasteiger partial charge is 0.496 e. The van der Waals surface area contributed by atoms with Crippen LogP contribution in [0.4, 0.5) is 0 Å². The Labute approximate surface area is 160 Å². The van der Waals surface area contributed by atoms with Gasteiger partial charge in [0, 0.05) is 36.6 Å². The van der Waals surface area contributed by atoms with Gasteiger partial charge in [-0.15, -0.1) is 0 Å². The molecule has 1 aromatic heterocycles. The molecule has 0 bridgehead atoms. The number of nitrogens with zero attached hydrogens (tertiary/aromatic N) is 3. The van der Waals surface area contributed by atoms with Gasteiger partial charge in [0.15, 0.2) is 0 Å². The topological polar surface area (TPSA) is 58.5 Å². The first-order valence-corrected chi connectivity index (χ1v) is 9.01. The van der Waals surface area contributed by atoms with Crippen molar-refractivity contribution in [2.45, 2.75) is 19.1 Å². The van der Waals surface area contributed by atoms with Crippen LogP contribution in [0.15, 0.2) is 67.3 Å². The fourth-order valence-corrected chi connectivity index (χ4v) is 3.09. The van der Waals surface area contributed by atoms with Crippen LogP contribution in [-0.4, -0.2) is 40.7 Å². The highest BCUT2D eigenvalue weighted by molar-refractivity contribution is 5.69. The molecule has 27 heavy (non-hydrogen) atoms. The van der Waals surface area contributed by atoms with Gasteiger partial charge >= 0.3 is 0 Å². The molecule has 0 fully saturated rings. The zero-order valence-electron chi connectivity index (χ0n) is 15.7. The van der Waals surface area contributed by atoms with Crippen molar-refractivity contribution in [1.82, 2.24) is 14.9 Å². The van der Waals surface area contributed by atoms with Gasteiger partial charge in [-0.1, -0.05) is 36.4 Å². The van der Waals surface area contributed by atoms with Crippen LogP contribution in [0.5, 0.6) is 5.75 Å². The minimum atomic E-state index is -0.443. The van der Waals surface area contributed by atoms with Crippen molar-refractivity contribution in [2.75, 3.05) is 20.7 Å². The van der Waals surface area contributed by atoms with Gasteiger partial charge in [0.2, 0.25) is 0 Å². The monoisotopic (exact) mass is 363 g/mol. The number of aliphatic hydroxyl groups is 1. The van der Waals surface area contributed by atoms with E-state index < -0.39 is 6.10 Å². The number of ether oxygens (including phenoxy) is 1. The molecule has 3 rings (SSSR count). The molecule has 0 spiro atoms. The van der Waals surface area contributed by atoms with Gasteiger partial charge in [-0.05, 0) is 36.7 Å². The fourth-order valence-electron chi connectivity index (χ4n) is 3.09. The molecule has 5 nitrogen and oxygen atoms in total. The van der Waals surface area contributed by atoms with Gasteiger partial charge in [0.05, 0.1) is 13.2 Å². The van der Waals surface area contributed by atoms with Gasteiger partial charge in [0.1, 0.15) is 12.1 Å². The van der Waals surface area contributed by atoms with Crippen LogP contribution in [0, 0.1) is 0 Å². The van der Waals surface area contributed by atoms with E-state index in [-0.39, 0.29) is 0 Å². The number of methoxy groups -OCH3 is 1. The molecule has 1 heterocycles. The first-order chi connectivity index (χ1) is 13.2. The van der Waals surface area contributed by atoms with Crippen molar-refractivity contribution in [2.24, 2.45) is 0 Å². The Morgan fingerprint density at radius 1 is 1.07 bits per heavy atom. The molecule has 0 amide bonds. The van der Waals surface area contributed by atoms with Crippen molar-refractivity contribution in [1.29, 1.82) is 0 Å². The summed E-state index contributed by atoms with van der Waals surface area (Å²) in [4.78, 5) is 10.4. The van der Waals surface area contributed by atoms with Crippen LogP contribution < -0.4 is 4.74 Å².